The monoisotopic (exact) mass is 380 g/mol. The molecule has 3 heterocycles. The summed E-state index contributed by atoms with van der Waals surface area (Å²) in [7, 11) is 1.61. The molecule has 2 bridgehead atoms. The summed E-state index contributed by atoms with van der Waals surface area (Å²) >= 11 is 0. The van der Waals surface area contributed by atoms with E-state index < -0.39 is 0 Å². The number of nitrogens with zero attached hydrogens (tertiary/aromatic N) is 2. The summed E-state index contributed by atoms with van der Waals surface area (Å²) in [5.41, 5.74) is 1.34. The molecule has 5 nitrogen and oxygen atoms in total. The molecular formula is C23H28N2O3. The van der Waals surface area contributed by atoms with Crippen molar-refractivity contribution in [3.05, 3.63) is 60.2 Å². The third kappa shape index (κ3) is 4.30. The van der Waals surface area contributed by atoms with Gasteiger partial charge in [0, 0.05) is 32.2 Å². The molecule has 2 aromatic carbocycles. The van der Waals surface area contributed by atoms with E-state index in [2.05, 4.69) is 35.2 Å². The summed E-state index contributed by atoms with van der Waals surface area (Å²) in [6.07, 6.45) is 2.36. The van der Waals surface area contributed by atoms with Crippen LogP contribution >= 0.6 is 0 Å². The highest BCUT2D eigenvalue weighted by Gasteiger charge is 2.36. The van der Waals surface area contributed by atoms with Gasteiger partial charge in [-0.1, -0.05) is 42.5 Å². The van der Waals surface area contributed by atoms with Crippen molar-refractivity contribution < 1.29 is 14.3 Å². The van der Waals surface area contributed by atoms with Crippen molar-refractivity contribution in [1.82, 2.24) is 9.80 Å². The number of amides is 1. The van der Waals surface area contributed by atoms with Crippen LogP contribution < -0.4 is 9.47 Å². The molecule has 5 rings (SSSR count). The van der Waals surface area contributed by atoms with Gasteiger partial charge in [0.25, 0.3) is 5.91 Å². The third-order valence-corrected chi connectivity index (χ3v) is 5.83. The van der Waals surface area contributed by atoms with Crippen molar-refractivity contribution in [1.29, 1.82) is 0 Å². The lowest BCUT2D eigenvalue weighted by molar-refractivity contribution is -0.133. The molecular weight excluding hydrogens is 352 g/mol. The number of carbonyl (C=O) groups is 1. The average Bonchev–Trinajstić information content (AvgIpc) is 3.05. The number of hydrogen-bond acceptors (Lipinski definition) is 4. The Kier molecular flexibility index (Phi) is 5.81. The van der Waals surface area contributed by atoms with E-state index in [1.54, 1.807) is 7.11 Å². The SMILES string of the molecule is COc1ccccc1OCC(=O)N1C[C@@H]2CC[C@H](C1)N(Cc1ccccc1)C2. The third-order valence-electron chi connectivity index (χ3n) is 5.83. The van der Waals surface area contributed by atoms with Crippen LogP contribution in [0.5, 0.6) is 11.5 Å². The number of methoxy groups -OCH3 is 1. The Morgan fingerprint density at radius 3 is 2.50 bits per heavy atom. The fourth-order valence-electron chi connectivity index (χ4n) is 4.36. The van der Waals surface area contributed by atoms with Crippen molar-refractivity contribution in [3.63, 3.8) is 0 Å². The molecule has 5 heteroatoms. The molecule has 3 aliphatic rings. The second kappa shape index (κ2) is 8.65. The average molecular weight is 380 g/mol. The highest BCUT2D eigenvalue weighted by atomic mass is 16.5. The lowest BCUT2D eigenvalue weighted by Crippen LogP contribution is -2.44. The van der Waals surface area contributed by atoms with Gasteiger partial charge in [0.1, 0.15) is 0 Å². The zero-order chi connectivity index (χ0) is 19.3. The highest BCUT2D eigenvalue weighted by Crippen LogP contribution is 2.30. The molecule has 2 aromatic rings. The predicted octanol–water partition coefficient (Wildman–Crippen LogP) is 3.20. The Labute approximate surface area is 166 Å². The lowest BCUT2D eigenvalue weighted by atomic mass is 9.94. The van der Waals surface area contributed by atoms with Crippen LogP contribution in [0.1, 0.15) is 18.4 Å². The summed E-state index contributed by atoms with van der Waals surface area (Å²) in [5.74, 6) is 1.86. The summed E-state index contributed by atoms with van der Waals surface area (Å²) in [6, 6.07) is 18.5. The van der Waals surface area contributed by atoms with E-state index in [0.717, 1.165) is 32.6 Å². The largest absolute Gasteiger partial charge is 0.493 e. The standard InChI is InChI=1S/C23H28N2O3/c1-27-21-9-5-6-10-22(21)28-17-23(26)25-15-19-11-12-20(16-25)24(14-19)13-18-7-3-2-4-8-18/h2-10,19-20H,11-17H2,1H3/t19-,20-/m1/s1. The fraction of sp³-hybridized carbons (Fsp3) is 0.435. The normalized spacial score (nSPS) is 22.0. The van der Waals surface area contributed by atoms with E-state index in [9.17, 15) is 4.79 Å². The summed E-state index contributed by atoms with van der Waals surface area (Å²) in [4.78, 5) is 17.4. The Balaban J connectivity index is 1.37. The first-order valence-electron chi connectivity index (χ1n) is 10.0. The van der Waals surface area contributed by atoms with E-state index in [4.69, 9.17) is 9.47 Å². The summed E-state index contributed by atoms with van der Waals surface area (Å²) < 4.78 is 11.1. The second-order valence-electron chi connectivity index (χ2n) is 7.75. The van der Waals surface area contributed by atoms with Crippen LogP contribution in [0, 0.1) is 5.92 Å². The van der Waals surface area contributed by atoms with Gasteiger partial charge in [-0.2, -0.15) is 0 Å². The van der Waals surface area contributed by atoms with Crippen molar-refractivity contribution in [3.8, 4) is 11.5 Å². The van der Waals surface area contributed by atoms with Gasteiger partial charge < -0.3 is 14.4 Å². The van der Waals surface area contributed by atoms with Crippen molar-refractivity contribution in [2.75, 3.05) is 33.4 Å². The van der Waals surface area contributed by atoms with E-state index in [1.807, 2.05) is 29.2 Å². The highest BCUT2D eigenvalue weighted by molar-refractivity contribution is 5.78. The van der Waals surface area contributed by atoms with Crippen molar-refractivity contribution >= 4 is 5.91 Å². The Morgan fingerprint density at radius 1 is 0.964 bits per heavy atom. The zero-order valence-corrected chi connectivity index (χ0v) is 16.4. The molecule has 148 valence electrons. The summed E-state index contributed by atoms with van der Waals surface area (Å²) in [5, 5.41) is 0. The van der Waals surface area contributed by atoms with Crippen molar-refractivity contribution in [2.45, 2.75) is 25.4 Å². The van der Waals surface area contributed by atoms with E-state index in [1.165, 1.54) is 12.0 Å². The van der Waals surface area contributed by atoms with Crippen LogP contribution in [-0.2, 0) is 11.3 Å². The van der Waals surface area contributed by atoms with Gasteiger partial charge in [-0.15, -0.1) is 0 Å². The number of carbonyl (C=O) groups excluding carboxylic acids is 1. The van der Waals surface area contributed by atoms with E-state index in [0.29, 0.717) is 23.5 Å². The molecule has 2 atom stereocenters. The van der Waals surface area contributed by atoms with Gasteiger partial charge in [-0.25, -0.2) is 0 Å². The smallest absolute Gasteiger partial charge is 0.260 e. The van der Waals surface area contributed by atoms with Gasteiger partial charge in [-0.05, 0) is 36.5 Å². The number of para-hydroxylation sites is 2. The Morgan fingerprint density at radius 2 is 1.71 bits per heavy atom. The number of benzene rings is 2. The number of rotatable bonds is 6. The number of piperidine rings is 1. The van der Waals surface area contributed by atoms with E-state index in [-0.39, 0.29) is 12.5 Å². The molecule has 3 fully saturated rings. The number of hydrogen-bond donors (Lipinski definition) is 0. The van der Waals surface area contributed by atoms with Gasteiger partial charge in [0.2, 0.25) is 0 Å². The fourth-order valence-corrected chi connectivity index (χ4v) is 4.36. The molecule has 0 spiro atoms. The quantitative estimate of drug-likeness (QED) is 0.772. The molecule has 0 aromatic heterocycles. The first-order valence-corrected chi connectivity index (χ1v) is 10.0. The van der Waals surface area contributed by atoms with E-state index >= 15 is 0 Å². The maximum atomic E-state index is 12.8. The molecule has 3 saturated heterocycles. The van der Waals surface area contributed by atoms with Gasteiger partial charge >= 0.3 is 0 Å². The number of ether oxygens (including phenoxy) is 2. The maximum Gasteiger partial charge on any atom is 0.260 e. The molecule has 3 aliphatic heterocycles. The van der Waals surface area contributed by atoms with Gasteiger partial charge in [-0.3, -0.25) is 9.69 Å². The molecule has 0 unspecified atom stereocenters. The minimum absolute atomic E-state index is 0.0541. The first kappa shape index (κ1) is 18.8. The van der Waals surface area contributed by atoms with Crippen LogP contribution in [0.25, 0.3) is 0 Å². The maximum absolute atomic E-state index is 12.8. The minimum Gasteiger partial charge on any atom is -0.493 e. The van der Waals surface area contributed by atoms with Crippen LogP contribution in [-0.4, -0.2) is 55.1 Å². The molecule has 0 radical (unpaired) electrons. The Hall–Kier alpha value is -2.53. The van der Waals surface area contributed by atoms with Crippen LogP contribution in [0.2, 0.25) is 0 Å². The number of fused-ring (bicyclic) bond motifs is 4. The lowest BCUT2D eigenvalue weighted by Gasteiger charge is -2.36. The molecule has 1 amide bonds. The van der Waals surface area contributed by atoms with Gasteiger partial charge in [0.05, 0.1) is 7.11 Å². The minimum atomic E-state index is 0.0541. The predicted molar refractivity (Wildman–Crippen MR) is 108 cm³/mol. The van der Waals surface area contributed by atoms with Crippen LogP contribution in [0.15, 0.2) is 54.6 Å². The molecule has 0 N–H and O–H groups in total. The van der Waals surface area contributed by atoms with Crippen molar-refractivity contribution in [2.24, 2.45) is 5.92 Å². The van der Waals surface area contributed by atoms with Gasteiger partial charge in [0.15, 0.2) is 18.1 Å². The molecule has 28 heavy (non-hydrogen) atoms. The first-order chi connectivity index (χ1) is 13.7. The zero-order valence-electron chi connectivity index (χ0n) is 16.4. The topological polar surface area (TPSA) is 42.0 Å². The second-order valence-corrected chi connectivity index (χ2v) is 7.75. The van der Waals surface area contributed by atoms with Crippen LogP contribution in [0.3, 0.4) is 0 Å². The summed E-state index contributed by atoms with van der Waals surface area (Å²) in [6.45, 7) is 3.70. The molecule has 0 saturated carbocycles. The van der Waals surface area contributed by atoms with Crippen LogP contribution in [0.4, 0.5) is 0 Å². The molecule has 0 aliphatic carbocycles. The Bertz CT molecular complexity index is 795.